The molecule has 0 radical (unpaired) electrons. The lowest BCUT2D eigenvalue weighted by molar-refractivity contribution is -0.384. The molecule has 1 saturated carbocycles. The van der Waals surface area contributed by atoms with Crippen molar-refractivity contribution >= 4 is 27.3 Å². The van der Waals surface area contributed by atoms with E-state index in [1.807, 2.05) is 6.07 Å². The highest BCUT2D eigenvalue weighted by Gasteiger charge is 2.20. The van der Waals surface area contributed by atoms with E-state index in [9.17, 15) is 10.1 Å². The van der Waals surface area contributed by atoms with Gasteiger partial charge in [-0.1, -0.05) is 19.3 Å². The minimum atomic E-state index is -0.366. The first-order valence-electron chi connectivity index (χ1n) is 6.26. The van der Waals surface area contributed by atoms with Crippen molar-refractivity contribution in [2.45, 2.75) is 38.1 Å². The van der Waals surface area contributed by atoms with E-state index >= 15 is 0 Å². The number of rotatable bonds is 3. The van der Waals surface area contributed by atoms with Crippen LogP contribution >= 0.6 is 15.9 Å². The zero-order valence-corrected chi connectivity index (χ0v) is 12.0. The molecule has 0 heterocycles. The fourth-order valence-electron chi connectivity index (χ4n) is 2.56. The molecule has 5 heteroatoms. The van der Waals surface area contributed by atoms with Crippen LogP contribution in [0.15, 0.2) is 22.7 Å². The second kappa shape index (κ2) is 5.69. The minimum absolute atomic E-state index is 0.127. The van der Waals surface area contributed by atoms with Gasteiger partial charge in [-0.25, -0.2) is 0 Å². The van der Waals surface area contributed by atoms with Gasteiger partial charge in [-0.2, -0.15) is 0 Å². The first-order chi connectivity index (χ1) is 8.59. The fraction of sp³-hybridized carbons (Fsp3) is 0.538. The van der Waals surface area contributed by atoms with Gasteiger partial charge in [0.05, 0.1) is 10.6 Å². The van der Waals surface area contributed by atoms with Gasteiger partial charge in [0, 0.05) is 29.7 Å². The van der Waals surface area contributed by atoms with Crippen LogP contribution in [0.4, 0.5) is 11.4 Å². The molecule has 0 N–H and O–H groups in total. The lowest BCUT2D eigenvalue weighted by Gasteiger charge is -2.33. The third kappa shape index (κ3) is 2.83. The zero-order chi connectivity index (χ0) is 13.1. The molecule has 0 spiro atoms. The van der Waals surface area contributed by atoms with E-state index in [0.717, 1.165) is 10.2 Å². The summed E-state index contributed by atoms with van der Waals surface area (Å²) in [6, 6.07) is 5.53. The number of hydrogen-bond acceptors (Lipinski definition) is 3. The summed E-state index contributed by atoms with van der Waals surface area (Å²) in [5.41, 5.74) is 1.16. The summed E-state index contributed by atoms with van der Waals surface area (Å²) in [4.78, 5) is 12.6. The van der Waals surface area contributed by atoms with Crippen molar-refractivity contribution in [1.82, 2.24) is 0 Å². The van der Waals surface area contributed by atoms with Crippen molar-refractivity contribution in [2.24, 2.45) is 0 Å². The lowest BCUT2D eigenvalue weighted by Crippen LogP contribution is -2.33. The van der Waals surface area contributed by atoms with Crippen LogP contribution in [0.1, 0.15) is 32.1 Å². The summed E-state index contributed by atoms with van der Waals surface area (Å²) in [6.07, 6.45) is 6.30. The van der Waals surface area contributed by atoms with Crippen LogP contribution in [0.25, 0.3) is 0 Å². The Balaban J connectivity index is 2.19. The third-order valence-electron chi connectivity index (χ3n) is 3.64. The Labute approximate surface area is 115 Å². The summed E-state index contributed by atoms with van der Waals surface area (Å²) < 4.78 is 0.796. The molecule has 4 nitrogen and oxygen atoms in total. The van der Waals surface area contributed by atoms with Crippen LogP contribution in [0.3, 0.4) is 0 Å². The summed E-state index contributed by atoms with van der Waals surface area (Å²) in [5.74, 6) is 0. The average molecular weight is 313 g/mol. The van der Waals surface area contributed by atoms with Gasteiger partial charge in [-0.3, -0.25) is 10.1 Å². The van der Waals surface area contributed by atoms with Gasteiger partial charge in [0.2, 0.25) is 0 Å². The van der Waals surface area contributed by atoms with E-state index in [-0.39, 0.29) is 10.6 Å². The monoisotopic (exact) mass is 312 g/mol. The number of non-ortho nitro benzene ring substituents is 1. The summed E-state index contributed by atoms with van der Waals surface area (Å²) in [7, 11) is 2.07. The van der Waals surface area contributed by atoms with E-state index in [0.29, 0.717) is 6.04 Å². The highest BCUT2D eigenvalue weighted by Crippen LogP contribution is 2.33. The van der Waals surface area contributed by atoms with Gasteiger partial charge in [-0.15, -0.1) is 0 Å². The maximum Gasteiger partial charge on any atom is 0.270 e. The Kier molecular flexibility index (Phi) is 4.22. The normalized spacial score (nSPS) is 16.6. The maximum atomic E-state index is 10.7. The van der Waals surface area contributed by atoms with Crippen molar-refractivity contribution < 1.29 is 4.92 Å². The molecule has 1 aliphatic rings. The van der Waals surface area contributed by atoms with E-state index < -0.39 is 0 Å². The summed E-state index contributed by atoms with van der Waals surface area (Å²) in [5, 5.41) is 10.7. The van der Waals surface area contributed by atoms with Crippen molar-refractivity contribution in [2.75, 3.05) is 11.9 Å². The molecule has 0 saturated heterocycles. The Morgan fingerprint density at radius 1 is 1.33 bits per heavy atom. The molecule has 0 amide bonds. The predicted octanol–water partition coefficient (Wildman–Crippen LogP) is 4.13. The van der Waals surface area contributed by atoms with Crippen LogP contribution in [0, 0.1) is 10.1 Å². The Morgan fingerprint density at radius 2 is 2.00 bits per heavy atom. The van der Waals surface area contributed by atoms with Crippen LogP contribution in [-0.4, -0.2) is 18.0 Å². The molecular formula is C13H17BrN2O2. The van der Waals surface area contributed by atoms with Gasteiger partial charge in [0.15, 0.2) is 0 Å². The number of hydrogen-bond donors (Lipinski definition) is 0. The first kappa shape index (κ1) is 13.3. The molecule has 0 unspecified atom stereocenters. The molecule has 2 rings (SSSR count). The fourth-order valence-corrected chi connectivity index (χ4v) is 3.21. The molecule has 98 valence electrons. The number of nitrogens with zero attached hydrogens (tertiary/aromatic N) is 2. The van der Waals surface area contributed by atoms with Gasteiger partial charge >= 0.3 is 0 Å². The first-order valence-corrected chi connectivity index (χ1v) is 7.05. The van der Waals surface area contributed by atoms with Crippen LogP contribution in [0.5, 0.6) is 0 Å². The SMILES string of the molecule is CN(c1ccc([N+](=O)[O-])cc1Br)C1CCCCC1. The average Bonchev–Trinajstić information content (AvgIpc) is 2.38. The van der Waals surface area contributed by atoms with Crippen molar-refractivity contribution in [3.05, 3.63) is 32.8 Å². The second-order valence-electron chi connectivity index (χ2n) is 4.80. The van der Waals surface area contributed by atoms with E-state index in [1.165, 1.54) is 32.1 Å². The van der Waals surface area contributed by atoms with Crippen molar-refractivity contribution in [3.8, 4) is 0 Å². The Bertz CT molecular complexity index is 445. The summed E-state index contributed by atoms with van der Waals surface area (Å²) in [6.45, 7) is 0. The van der Waals surface area contributed by atoms with Crippen molar-refractivity contribution in [1.29, 1.82) is 0 Å². The lowest BCUT2D eigenvalue weighted by atomic mass is 9.94. The Morgan fingerprint density at radius 3 is 2.56 bits per heavy atom. The summed E-state index contributed by atoms with van der Waals surface area (Å²) >= 11 is 3.44. The van der Waals surface area contributed by atoms with Crippen molar-refractivity contribution in [3.63, 3.8) is 0 Å². The number of anilines is 1. The smallest absolute Gasteiger partial charge is 0.270 e. The molecule has 1 fully saturated rings. The van der Waals surface area contributed by atoms with Crippen LogP contribution in [-0.2, 0) is 0 Å². The second-order valence-corrected chi connectivity index (χ2v) is 5.65. The topological polar surface area (TPSA) is 46.4 Å². The molecule has 18 heavy (non-hydrogen) atoms. The van der Waals surface area contributed by atoms with E-state index in [2.05, 4.69) is 27.9 Å². The van der Waals surface area contributed by atoms with Gasteiger partial charge in [-0.05, 0) is 34.8 Å². The standard InChI is InChI=1S/C13H17BrN2O2/c1-15(10-5-3-2-4-6-10)13-8-7-11(16(17)18)9-12(13)14/h7-10H,2-6H2,1H3. The van der Waals surface area contributed by atoms with Gasteiger partial charge in [0.25, 0.3) is 5.69 Å². The number of nitro benzene ring substituents is 1. The van der Waals surface area contributed by atoms with Gasteiger partial charge in [0.1, 0.15) is 0 Å². The highest BCUT2D eigenvalue weighted by molar-refractivity contribution is 9.10. The largest absolute Gasteiger partial charge is 0.371 e. The van der Waals surface area contributed by atoms with Crippen LogP contribution < -0.4 is 4.90 Å². The number of halogens is 1. The molecule has 1 aromatic rings. The van der Waals surface area contributed by atoms with Crippen LogP contribution in [0.2, 0.25) is 0 Å². The number of benzene rings is 1. The molecule has 1 aromatic carbocycles. The zero-order valence-electron chi connectivity index (χ0n) is 10.4. The van der Waals surface area contributed by atoms with E-state index in [1.54, 1.807) is 12.1 Å². The Hall–Kier alpha value is -1.10. The minimum Gasteiger partial charge on any atom is -0.371 e. The molecular weight excluding hydrogens is 296 g/mol. The quantitative estimate of drug-likeness (QED) is 0.623. The predicted molar refractivity (Wildman–Crippen MR) is 76.1 cm³/mol. The number of nitro groups is 1. The molecule has 1 aliphatic carbocycles. The molecule has 0 aromatic heterocycles. The third-order valence-corrected chi connectivity index (χ3v) is 4.28. The molecule has 0 atom stereocenters. The van der Waals surface area contributed by atoms with E-state index in [4.69, 9.17) is 0 Å². The maximum absolute atomic E-state index is 10.7. The highest BCUT2D eigenvalue weighted by atomic mass is 79.9. The van der Waals surface area contributed by atoms with Gasteiger partial charge < -0.3 is 4.90 Å². The molecule has 0 bridgehead atoms. The molecule has 0 aliphatic heterocycles.